The zero-order valence-electron chi connectivity index (χ0n) is 15.6. The van der Waals surface area contributed by atoms with E-state index in [1.807, 2.05) is 0 Å². The fraction of sp³-hybridized carbons (Fsp3) is 1.00. The van der Waals surface area contributed by atoms with Crippen molar-refractivity contribution in [2.45, 2.75) is 91.4 Å². The molecule has 0 aromatic heterocycles. The fourth-order valence-corrected chi connectivity index (χ4v) is 3.32. The largest absolute Gasteiger partial charge is 1.00 e. The van der Waals surface area contributed by atoms with Crippen LogP contribution in [0.25, 0.3) is 0 Å². The molecule has 0 aromatic rings. The minimum atomic E-state index is 0. The van der Waals surface area contributed by atoms with Crippen molar-refractivity contribution in [3.05, 3.63) is 0 Å². The van der Waals surface area contributed by atoms with E-state index in [2.05, 4.69) is 20.8 Å². The quantitative estimate of drug-likeness (QED) is 0.227. The third kappa shape index (κ3) is 13.1. The van der Waals surface area contributed by atoms with Crippen molar-refractivity contribution in [1.82, 2.24) is 0 Å². The van der Waals surface area contributed by atoms with Crippen LogP contribution < -0.4 is 24.0 Å². The van der Waals surface area contributed by atoms with E-state index in [4.69, 9.17) is 0 Å². The molecule has 0 fully saturated rings. The maximum absolute atomic E-state index is 9.26. The average Bonchev–Trinajstić information content (AvgIpc) is 2.51. The molecule has 0 heterocycles. The number of quaternary nitrogens is 1. The van der Waals surface area contributed by atoms with Gasteiger partial charge < -0.3 is 33.6 Å². The summed E-state index contributed by atoms with van der Waals surface area (Å²) in [5.41, 5.74) is 0. The van der Waals surface area contributed by atoms with Gasteiger partial charge in [0.15, 0.2) is 0 Å². The molecule has 2 nitrogen and oxygen atoms in total. The Kier molecular flexibility index (Phi) is 20.4. The second-order valence-corrected chi connectivity index (χ2v) is 6.79. The smallest absolute Gasteiger partial charge is 0.0808 e. The first kappa shape index (κ1) is 24.9. The van der Waals surface area contributed by atoms with Crippen molar-refractivity contribution >= 4 is 0 Å². The molecule has 0 bridgehead atoms. The van der Waals surface area contributed by atoms with E-state index < -0.39 is 0 Å². The lowest BCUT2D eigenvalue weighted by Crippen LogP contribution is -3.00. The molecule has 0 rings (SSSR count). The molecule has 3 heteroatoms. The zero-order valence-corrected chi connectivity index (χ0v) is 17.7. The van der Waals surface area contributed by atoms with Gasteiger partial charge in [-0.05, 0) is 32.1 Å². The molecule has 0 aliphatic heterocycles. The molecule has 0 spiro atoms. The number of nitrogens with zero attached hydrogens (tertiary/aromatic N) is 1. The van der Waals surface area contributed by atoms with Gasteiger partial charge in [-0.1, -0.05) is 52.9 Å². The lowest BCUT2D eigenvalue weighted by Gasteiger charge is -2.39. The molecule has 0 aromatic carbocycles. The molecular formula is C19H42INO. The molecule has 0 amide bonds. The van der Waals surface area contributed by atoms with Crippen molar-refractivity contribution in [2.24, 2.45) is 0 Å². The molecule has 0 radical (unpaired) electrons. The SMILES string of the molecule is CCCCCC[N+](CCCC)(CCCO)CCCCCC.[I-]. The summed E-state index contributed by atoms with van der Waals surface area (Å²) in [6.07, 6.45) is 14.5. The highest BCUT2D eigenvalue weighted by Gasteiger charge is 2.25. The third-order valence-corrected chi connectivity index (χ3v) is 4.75. The minimum absolute atomic E-state index is 0. The van der Waals surface area contributed by atoms with Crippen molar-refractivity contribution in [1.29, 1.82) is 0 Å². The first-order valence-electron chi connectivity index (χ1n) is 9.70. The molecule has 136 valence electrons. The Morgan fingerprint density at radius 1 is 0.545 bits per heavy atom. The molecule has 1 N–H and O–H groups in total. The first-order chi connectivity index (χ1) is 10.2. The van der Waals surface area contributed by atoms with Crippen LogP contribution in [0.3, 0.4) is 0 Å². The topological polar surface area (TPSA) is 20.2 Å². The number of halogens is 1. The Labute approximate surface area is 157 Å². The lowest BCUT2D eigenvalue weighted by atomic mass is 10.1. The van der Waals surface area contributed by atoms with Crippen LogP contribution in [0.2, 0.25) is 0 Å². The number of aliphatic hydroxyl groups excluding tert-OH is 1. The molecule has 0 unspecified atom stereocenters. The summed E-state index contributed by atoms with van der Waals surface area (Å²) in [6.45, 7) is 12.4. The Balaban J connectivity index is 0. The van der Waals surface area contributed by atoms with E-state index in [1.54, 1.807) is 0 Å². The average molecular weight is 427 g/mol. The van der Waals surface area contributed by atoms with E-state index >= 15 is 0 Å². The van der Waals surface area contributed by atoms with E-state index in [9.17, 15) is 5.11 Å². The first-order valence-corrected chi connectivity index (χ1v) is 9.70. The highest BCUT2D eigenvalue weighted by atomic mass is 127. The Morgan fingerprint density at radius 3 is 1.36 bits per heavy atom. The van der Waals surface area contributed by atoms with Gasteiger partial charge in [0.05, 0.1) is 26.2 Å². The number of hydrogen-bond acceptors (Lipinski definition) is 1. The van der Waals surface area contributed by atoms with Crippen LogP contribution in [0, 0.1) is 0 Å². The molecule has 0 saturated carbocycles. The second-order valence-electron chi connectivity index (χ2n) is 6.79. The summed E-state index contributed by atoms with van der Waals surface area (Å²) in [5.74, 6) is 0. The van der Waals surface area contributed by atoms with Crippen LogP contribution in [0.15, 0.2) is 0 Å². The van der Waals surface area contributed by atoms with Gasteiger partial charge in [0.2, 0.25) is 0 Å². The van der Waals surface area contributed by atoms with Crippen LogP contribution in [0.4, 0.5) is 0 Å². The van der Waals surface area contributed by atoms with Crippen LogP contribution in [-0.4, -0.2) is 42.4 Å². The van der Waals surface area contributed by atoms with Crippen LogP contribution >= 0.6 is 0 Å². The number of hydrogen-bond donors (Lipinski definition) is 1. The Bertz CT molecular complexity index is 190. The fourth-order valence-electron chi connectivity index (χ4n) is 3.32. The summed E-state index contributed by atoms with van der Waals surface area (Å²) in [5, 5.41) is 9.26. The van der Waals surface area contributed by atoms with Gasteiger partial charge in [-0.25, -0.2) is 0 Å². The molecule has 0 aliphatic rings. The molecule has 0 saturated heterocycles. The summed E-state index contributed by atoms with van der Waals surface area (Å²) in [6, 6.07) is 0. The maximum atomic E-state index is 9.26. The van der Waals surface area contributed by atoms with Crippen LogP contribution in [0.1, 0.15) is 91.4 Å². The summed E-state index contributed by atoms with van der Waals surface area (Å²) in [4.78, 5) is 0. The second kappa shape index (κ2) is 18.0. The molecular weight excluding hydrogens is 385 g/mol. The normalized spacial score (nSPS) is 11.5. The molecule has 22 heavy (non-hydrogen) atoms. The predicted octanol–water partition coefficient (Wildman–Crippen LogP) is 2.15. The zero-order chi connectivity index (χ0) is 15.8. The van der Waals surface area contributed by atoms with Gasteiger partial charge in [0.25, 0.3) is 0 Å². The molecule has 0 atom stereocenters. The van der Waals surface area contributed by atoms with E-state index in [0.717, 1.165) is 6.42 Å². The van der Waals surface area contributed by atoms with Gasteiger partial charge >= 0.3 is 0 Å². The van der Waals surface area contributed by atoms with Gasteiger partial charge in [-0.2, -0.15) is 0 Å². The van der Waals surface area contributed by atoms with Crippen molar-refractivity contribution in [3.8, 4) is 0 Å². The predicted molar refractivity (Wildman–Crippen MR) is 94.6 cm³/mol. The van der Waals surface area contributed by atoms with Gasteiger partial charge in [0.1, 0.15) is 0 Å². The van der Waals surface area contributed by atoms with E-state index in [-0.39, 0.29) is 24.0 Å². The van der Waals surface area contributed by atoms with Crippen molar-refractivity contribution < 1.29 is 33.6 Å². The van der Waals surface area contributed by atoms with Crippen molar-refractivity contribution in [2.75, 3.05) is 32.8 Å². The van der Waals surface area contributed by atoms with Crippen LogP contribution in [0.5, 0.6) is 0 Å². The number of aliphatic hydroxyl groups is 1. The van der Waals surface area contributed by atoms with E-state index in [1.165, 1.54) is 94.9 Å². The number of unbranched alkanes of at least 4 members (excludes halogenated alkanes) is 7. The minimum Gasteiger partial charge on any atom is -1.00 e. The highest BCUT2D eigenvalue weighted by molar-refractivity contribution is 4.51. The number of rotatable bonds is 16. The highest BCUT2D eigenvalue weighted by Crippen LogP contribution is 2.17. The Morgan fingerprint density at radius 2 is 0.955 bits per heavy atom. The summed E-state index contributed by atoms with van der Waals surface area (Å²) >= 11 is 0. The molecule has 0 aliphatic carbocycles. The lowest BCUT2D eigenvalue weighted by molar-refractivity contribution is -0.929. The third-order valence-electron chi connectivity index (χ3n) is 4.75. The van der Waals surface area contributed by atoms with Crippen LogP contribution in [-0.2, 0) is 0 Å². The monoisotopic (exact) mass is 427 g/mol. The van der Waals surface area contributed by atoms with Gasteiger partial charge in [-0.3, -0.25) is 0 Å². The summed E-state index contributed by atoms with van der Waals surface area (Å²) < 4.78 is 1.28. The summed E-state index contributed by atoms with van der Waals surface area (Å²) in [7, 11) is 0. The van der Waals surface area contributed by atoms with Gasteiger partial charge in [0, 0.05) is 13.0 Å². The van der Waals surface area contributed by atoms with Crippen molar-refractivity contribution in [3.63, 3.8) is 0 Å². The standard InChI is InChI=1S/C19H42NO.HI/c1-4-7-10-12-16-20(15-9-6-3,18-14-19-21)17-13-11-8-5-2;/h21H,4-19H2,1-3H3;1H/q+1;/p-1. The van der Waals surface area contributed by atoms with E-state index in [0.29, 0.717) is 6.61 Å². The Hall–Kier alpha value is 0.650. The maximum Gasteiger partial charge on any atom is 0.0808 e. The van der Waals surface area contributed by atoms with Gasteiger partial charge in [-0.15, -0.1) is 0 Å².